The molecule has 178 valence electrons. The number of hydrogen-bond acceptors (Lipinski definition) is 3. The standard InChI is InChI=1S/C28H29F3N2O/c29-28(30,31)34-26-16-8-7-14-23(26)18-32-19-24-15-9-17-33(24)25(20-32)27(21-10-3-1-4-11-21)22-12-5-2-6-13-22/h1-8,10-14,16,24-25,27H,9,15,17-20H2/t24-,25-/m0/s1. The van der Waals surface area contributed by atoms with E-state index in [2.05, 4.69) is 63.1 Å². The lowest BCUT2D eigenvalue weighted by Crippen LogP contribution is -2.57. The zero-order chi connectivity index (χ0) is 23.5. The summed E-state index contributed by atoms with van der Waals surface area (Å²) in [6.45, 7) is 3.13. The van der Waals surface area contributed by atoms with E-state index in [0.29, 0.717) is 18.2 Å². The minimum absolute atomic E-state index is 0.108. The van der Waals surface area contributed by atoms with Gasteiger partial charge in [-0.1, -0.05) is 78.9 Å². The van der Waals surface area contributed by atoms with E-state index in [1.807, 2.05) is 12.1 Å². The zero-order valence-corrected chi connectivity index (χ0v) is 19.0. The summed E-state index contributed by atoms with van der Waals surface area (Å²) < 4.78 is 43.3. The van der Waals surface area contributed by atoms with Gasteiger partial charge in [0.05, 0.1) is 0 Å². The first-order valence-corrected chi connectivity index (χ1v) is 11.9. The van der Waals surface area contributed by atoms with Crippen LogP contribution in [0.5, 0.6) is 5.75 Å². The molecule has 2 saturated heterocycles. The highest BCUT2D eigenvalue weighted by Gasteiger charge is 2.42. The van der Waals surface area contributed by atoms with Crippen molar-refractivity contribution in [2.75, 3.05) is 19.6 Å². The Hall–Kier alpha value is -2.83. The largest absolute Gasteiger partial charge is 0.573 e. The fourth-order valence-electron chi connectivity index (χ4n) is 5.72. The Kier molecular flexibility index (Phi) is 6.61. The Morgan fingerprint density at radius 2 is 1.44 bits per heavy atom. The van der Waals surface area contributed by atoms with Crippen molar-refractivity contribution in [3.05, 3.63) is 102 Å². The molecule has 0 aromatic heterocycles. The lowest BCUT2D eigenvalue weighted by atomic mass is 9.82. The van der Waals surface area contributed by atoms with Crippen molar-refractivity contribution in [2.45, 2.75) is 43.8 Å². The van der Waals surface area contributed by atoms with Gasteiger partial charge in [-0.2, -0.15) is 0 Å². The number of ether oxygens (including phenoxy) is 1. The molecule has 0 aliphatic carbocycles. The Bertz CT molecular complexity index is 1030. The summed E-state index contributed by atoms with van der Waals surface area (Å²) >= 11 is 0. The van der Waals surface area contributed by atoms with Crippen molar-refractivity contribution in [3.63, 3.8) is 0 Å². The van der Waals surface area contributed by atoms with Crippen LogP contribution in [-0.2, 0) is 6.54 Å². The smallest absolute Gasteiger partial charge is 0.405 e. The van der Waals surface area contributed by atoms with Gasteiger partial charge >= 0.3 is 6.36 Å². The van der Waals surface area contributed by atoms with Crippen LogP contribution in [0.1, 0.15) is 35.4 Å². The highest BCUT2D eigenvalue weighted by Crippen LogP contribution is 2.38. The van der Waals surface area contributed by atoms with Gasteiger partial charge in [0.2, 0.25) is 0 Å². The van der Waals surface area contributed by atoms with Gasteiger partial charge in [-0.3, -0.25) is 9.80 Å². The monoisotopic (exact) mass is 466 g/mol. The number of hydrogen-bond donors (Lipinski definition) is 0. The lowest BCUT2D eigenvalue weighted by Gasteiger charge is -2.47. The first-order valence-electron chi connectivity index (χ1n) is 11.9. The van der Waals surface area contributed by atoms with Crippen molar-refractivity contribution >= 4 is 0 Å². The fraction of sp³-hybridized carbons (Fsp3) is 0.357. The van der Waals surface area contributed by atoms with Gasteiger partial charge in [0, 0.05) is 43.2 Å². The number of piperazine rings is 1. The summed E-state index contributed by atoms with van der Waals surface area (Å²) in [6.07, 6.45) is -2.43. The summed E-state index contributed by atoms with van der Waals surface area (Å²) in [4.78, 5) is 4.95. The van der Waals surface area contributed by atoms with Crippen molar-refractivity contribution < 1.29 is 17.9 Å². The average molecular weight is 467 g/mol. The van der Waals surface area contributed by atoms with Crippen LogP contribution in [-0.4, -0.2) is 47.9 Å². The first-order chi connectivity index (χ1) is 16.5. The number of rotatable bonds is 6. The van der Waals surface area contributed by atoms with Gasteiger partial charge in [0.15, 0.2) is 0 Å². The van der Waals surface area contributed by atoms with Crippen LogP contribution in [0.3, 0.4) is 0 Å². The normalized spacial score (nSPS) is 21.5. The second-order valence-electron chi connectivity index (χ2n) is 9.25. The Morgan fingerprint density at radius 3 is 2.09 bits per heavy atom. The van der Waals surface area contributed by atoms with Gasteiger partial charge in [0.1, 0.15) is 5.75 Å². The molecule has 6 heteroatoms. The predicted molar refractivity (Wildman–Crippen MR) is 127 cm³/mol. The predicted octanol–water partition coefficient (Wildman–Crippen LogP) is 6.07. The maximum absolute atomic E-state index is 13.0. The van der Waals surface area contributed by atoms with Crippen molar-refractivity contribution in [1.82, 2.24) is 9.80 Å². The zero-order valence-electron chi connectivity index (χ0n) is 19.0. The second kappa shape index (κ2) is 9.80. The van der Waals surface area contributed by atoms with E-state index < -0.39 is 6.36 Å². The molecule has 0 radical (unpaired) electrons. The molecule has 5 rings (SSSR count). The third kappa shape index (κ3) is 5.13. The molecule has 0 unspecified atom stereocenters. The maximum Gasteiger partial charge on any atom is 0.573 e. The number of alkyl halides is 3. The summed E-state index contributed by atoms with van der Waals surface area (Å²) in [7, 11) is 0. The van der Waals surface area contributed by atoms with Gasteiger partial charge in [-0.05, 0) is 36.6 Å². The molecule has 0 spiro atoms. The highest BCUT2D eigenvalue weighted by molar-refractivity contribution is 5.36. The van der Waals surface area contributed by atoms with Crippen LogP contribution in [0.25, 0.3) is 0 Å². The van der Waals surface area contributed by atoms with E-state index in [0.717, 1.165) is 32.5 Å². The van der Waals surface area contributed by atoms with E-state index in [4.69, 9.17) is 0 Å². The third-order valence-electron chi connectivity index (χ3n) is 7.06. The molecule has 2 aliphatic rings. The molecule has 3 aromatic carbocycles. The van der Waals surface area contributed by atoms with Crippen molar-refractivity contribution in [1.29, 1.82) is 0 Å². The Labute approximate surface area is 198 Å². The number of halogens is 3. The van der Waals surface area contributed by atoms with E-state index in [1.54, 1.807) is 18.2 Å². The topological polar surface area (TPSA) is 15.7 Å². The van der Waals surface area contributed by atoms with Crippen molar-refractivity contribution in [3.8, 4) is 5.75 Å². The van der Waals surface area contributed by atoms with Crippen LogP contribution in [0.15, 0.2) is 84.9 Å². The first kappa shape index (κ1) is 22.9. The number of fused-ring (bicyclic) bond motifs is 1. The molecule has 34 heavy (non-hydrogen) atoms. The van der Waals surface area contributed by atoms with E-state index in [-0.39, 0.29) is 17.7 Å². The molecule has 2 atom stereocenters. The summed E-state index contributed by atoms with van der Waals surface area (Å²) in [5.74, 6) is 0.0792. The summed E-state index contributed by atoms with van der Waals surface area (Å²) in [6, 6.07) is 28.3. The van der Waals surface area contributed by atoms with E-state index >= 15 is 0 Å². The number of benzene rings is 3. The third-order valence-corrected chi connectivity index (χ3v) is 7.06. The summed E-state index contributed by atoms with van der Waals surface area (Å²) in [5, 5.41) is 0. The van der Waals surface area contributed by atoms with Crippen LogP contribution in [0, 0.1) is 0 Å². The van der Waals surface area contributed by atoms with Gasteiger partial charge < -0.3 is 4.74 Å². The molecular weight excluding hydrogens is 437 g/mol. The average Bonchev–Trinajstić information content (AvgIpc) is 3.30. The summed E-state index contributed by atoms with van der Waals surface area (Å²) in [5.41, 5.74) is 3.11. The minimum atomic E-state index is -4.70. The van der Waals surface area contributed by atoms with Crippen LogP contribution >= 0.6 is 0 Å². The molecule has 0 N–H and O–H groups in total. The minimum Gasteiger partial charge on any atom is -0.405 e. The molecule has 2 fully saturated rings. The number of nitrogens with zero attached hydrogens (tertiary/aromatic N) is 2. The molecule has 3 nitrogen and oxygen atoms in total. The van der Waals surface area contributed by atoms with Crippen LogP contribution in [0.2, 0.25) is 0 Å². The molecule has 0 bridgehead atoms. The Balaban J connectivity index is 1.46. The van der Waals surface area contributed by atoms with Crippen LogP contribution in [0.4, 0.5) is 13.2 Å². The Morgan fingerprint density at radius 1 is 0.824 bits per heavy atom. The second-order valence-corrected chi connectivity index (χ2v) is 9.25. The quantitative estimate of drug-likeness (QED) is 0.439. The van der Waals surface area contributed by atoms with Gasteiger partial charge in [0.25, 0.3) is 0 Å². The van der Waals surface area contributed by atoms with Crippen molar-refractivity contribution in [2.24, 2.45) is 0 Å². The number of para-hydroxylation sites is 1. The molecule has 2 aliphatic heterocycles. The lowest BCUT2D eigenvalue weighted by molar-refractivity contribution is -0.275. The van der Waals surface area contributed by atoms with E-state index in [9.17, 15) is 13.2 Å². The van der Waals surface area contributed by atoms with E-state index in [1.165, 1.54) is 17.2 Å². The van der Waals surface area contributed by atoms with Gasteiger partial charge in [-0.25, -0.2) is 0 Å². The highest BCUT2D eigenvalue weighted by atomic mass is 19.4. The fourth-order valence-corrected chi connectivity index (χ4v) is 5.72. The molecular formula is C28H29F3N2O. The van der Waals surface area contributed by atoms with Gasteiger partial charge in [-0.15, -0.1) is 13.2 Å². The van der Waals surface area contributed by atoms with Crippen LogP contribution < -0.4 is 4.74 Å². The maximum atomic E-state index is 13.0. The molecule has 0 amide bonds. The molecule has 0 saturated carbocycles. The molecule has 2 heterocycles. The molecule has 3 aromatic rings. The SMILES string of the molecule is FC(F)(F)Oc1ccccc1CN1C[C@@H]2CCCN2[C@H](C(c2ccccc2)c2ccccc2)C1.